The third-order valence-corrected chi connectivity index (χ3v) is 4.86. The minimum Gasteiger partial charge on any atom is -0.486 e. The van der Waals surface area contributed by atoms with Crippen molar-refractivity contribution >= 4 is 17.2 Å². The van der Waals surface area contributed by atoms with Gasteiger partial charge in [0.25, 0.3) is 0 Å². The number of ether oxygens (including phenoxy) is 2. The quantitative estimate of drug-likeness (QED) is 0.835. The normalized spacial score (nSPS) is 20.8. The molecule has 0 spiro atoms. The fourth-order valence-electron chi connectivity index (χ4n) is 2.90. The summed E-state index contributed by atoms with van der Waals surface area (Å²) < 4.78 is 11.2. The Labute approximate surface area is 146 Å². The molecule has 6 heteroatoms. The van der Waals surface area contributed by atoms with E-state index in [0.717, 1.165) is 16.5 Å². The molecular weight excluding hydrogens is 324 g/mol. The SMILES string of the molecule is CC1COCC(C)N1C(=O)Cc1csc(COc2ccccc2)n1. The highest BCUT2D eigenvalue weighted by Crippen LogP contribution is 2.18. The van der Waals surface area contributed by atoms with E-state index in [1.165, 1.54) is 11.3 Å². The van der Waals surface area contributed by atoms with Gasteiger partial charge < -0.3 is 14.4 Å². The summed E-state index contributed by atoms with van der Waals surface area (Å²) >= 11 is 1.53. The molecule has 128 valence electrons. The number of para-hydroxylation sites is 1. The second kappa shape index (κ2) is 7.77. The van der Waals surface area contributed by atoms with Crippen LogP contribution in [0, 0.1) is 0 Å². The van der Waals surface area contributed by atoms with Crippen molar-refractivity contribution in [2.45, 2.75) is 39.0 Å². The number of hydrogen-bond donors (Lipinski definition) is 0. The molecule has 2 heterocycles. The Morgan fingerprint density at radius 2 is 2.00 bits per heavy atom. The predicted octanol–water partition coefficient (Wildman–Crippen LogP) is 2.90. The van der Waals surface area contributed by atoms with Crippen LogP contribution >= 0.6 is 11.3 Å². The van der Waals surface area contributed by atoms with Crippen LogP contribution in [0.2, 0.25) is 0 Å². The molecule has 2 unspecified atom stereocenters. The summed E-state index contributed by atoms with van der Waals surface area (Å²) in [7, 11) is 0. The summed E-state index contributed by atoms with van der Waals surface area (Å²) in [6.45, 7) is 5.67. The van der Waals surface area contributed by atoms with Crippen LogP contribution < -0.4 is 4.74 Å². The van der Waals surface area contributed by atoms with Crippen LogP contribution in [-0.2, 0) is 22.6 Å². The van der Waals surface area contributed by atoms with E-state index < -0.39 is 0 Å². The second-order valence-corrected chi connectivity index (χ2v) is 6.99. The number of rotatable bonds is 5. The Morgan fingerprint density at radius 1 is 1.29 bits per heavy atom. The van der Waals surface area contributed by atoms with Crippen LogP contribution in [0.1, 0.15) is 24.5 Å². The first-order chi connectivity index (χ1) is 11.6. The van der Waals surface area contributed by atoms with Gasteiger partial charge in [-0.3, -0.25) is 4.79 Å². The largest absolute Gasteiger partial charge is 0.486 e. The molecule has 0 bridgehead atoms. The highest BCUT2D eigenvalue weighted by atomic mass is 32.1. The number of morpholine rings is 1. The number of aromatic nitrogens is 1. The van der Waals surface area contributed by atoms with Crippen molar-refractivity contribution in [2.75, 3.05) is 13.2 Å². The molecule has 2 aromatic rings. The van der Waals surface area contributed by atoms with Crippen LogP contribution in [0.5, 0.6) is 5.75 Å². The lowest BCUT2D eigenvalue weighted by atomic mass is 10.1. The van der Waals surface area contributed by atoms with Crippen LogP contribution in [0.25, 0.3) is 0 Å². The molecule has 2 atom stereocenters. The van der Waals surface area contributed by atoms with Crippen molar-refractivity contribution in [1.29, 1.82) is 0 Å². The van der Waals surface area contributed by atoms with Crippen molar-refractivity contribution in [3.8, 4) is 5.75 Å². The van der Waals surface area contributed by atoms with Gasteiger partial charge in [-0.2, -0.15) is 0 Å². The van der Waals surface area contributed by atoms with Crippen LogP contribution in [-0.4, -0.2) is 41.1 Å². The van der Waals surface area contributed by atoms with E-state index in [1.54, 1.807) is 0 Å². The average Bonchev–Trinajstić information content (AvgIpc) is 3.01. The lowest BCUT2D eigenvalue weighted by Gasteiger charge is -2.38. The molecule has 0 aliphatic carbocycles. The van der Waals surface area contributed by atoms with Crippen molar-refractivity contribution < 1.29 is 14.3 Å². The first-order valence-corrected chi connectivity index (χ1v) is 9.01. The van der Waals surface area contributed by atoms with E-state index in [1.807, 2.05) is 54.5 Å². The molecule has 0 N–H and O–H groups in total. The van der Waals surface area contributed by atoms with Gasteiger partial charge in [-0.1, -0.05) is 18.2 Å². The van der Waals surface area contributed by atoms with Gasteiger partial charge in [0.2, 0.25) is 5.91 Å². The maximum atomic E-state index is 12.6. The average molecular weight is 346 g/mol. The summed E-state index contributed by atoms with van der Waals surface area (Å²) in [5.41, 5.74) is 0.808. The minimum atomic E-state index is 0.110. The molecule has 3 rings (SSSR count). The highest BCUT2D eigenvalue weighted by Gasteiger charge is 2.29. The Balaban J connectivity index is 1.56. The number of nitrogens with zero attached hydrogens (tertiary/aromatic N) is 2. The summed E-state index contributed by atoms with van der Waals surface area (Å²) in [6.07, 6.45) is 0.330. The molecule has 5 nitrogen and oxygen atoms in total. The Bertz CT molecular complexity index is 664. The maximum Gasteiger partial charge on any atom is 0.229 e. The summed E-state index contributed by atoms with van der Waals surface area (Å²) in [6, 6.07) is 9.88. The lowest BCUT2D eigenvalue weighted by Crippen LogP contribution is -2.53. The second-order valence-electron chi connectivity index (χ2n) is 6.05. The topological polar surface area (TPSA) is 51.7 Å². The minimum absolute atomic E-state index is 0.110. The van der Waals surface area contributed by atoms with Gasteiger partial charge in [0.1, 0.15) is 17.4 Å². The molecule has 1 aliphatic heterocycles. The molecule has 1 amide bonds. The van der Waals surface area contributed by atoms with E-state index in [9.17, 15) is 4.79 Å². The van der Waals surface area contributed by atoms with Gasteiger partial charge in [0.05, 0.1) is 37.4 Å². The van der Waals surface area contributed by atoms with E-state index >= 15 is 0 Å². The van der Waals surface area contributed by atoms with Gasteiger partial charge in [-0.25, -0.2) is 4.98 Å². The fourth-order valence-corrected chi connectivity index (χ4v) is 3.61. The smallest absolute Gasteiger partial charge is 0.229 e. The van der Waals surface area contributed by atoms with Gasteiger partial charge in [0.15, 0.2) is 0 Å². The van der Waals surface area contributed by atoms with Crippen LogP contribution in [0.4, 0.5) is 0 Å². The molecule has 1 aromatic heterocycles. The lowest BCUT2D eigenvalue weighted by molar-refractivity contribution is -0.143. The zero-order valence-corrected chi connectivity index (χ0v) is 14.8. The van der Waals surface area contributed by atoms with Gasteiger partial charge in [-0.05, 0) is 26.0 Å². The predicted molar refractivity (Wildman–Crippen MR) is 93.2 cm³/mol. The fraction of sp³-hybridized carbons (Fsp3) is 0.444. The zero-order valence-electron chi connectivity index (χ0n) is 14.0. The number of hydrogen-bond acceptors (Lipinski definition) is 5. The number of amides is 1. The summed E-state index contributed by atoms with van der Waals surface area (Å²) in [4.78, 5) is 19.0. The van der Waals surface area contributed by atoms with Gasteiger partial charge in [-0.15, -0.1) is 11.3 Å². The summed E-state index contributed by atoms with van der Waals surface area (Å²) in [5, 5.41) is 2.82. The number of benzene rings is 1. The van der Waals surface area contributed by atoms with E-state index in [4.69, 9.17) is 9.47 Å². The Kier molecular flexibility index (Phi) is 5.48. The van der Waals surface area contributed by atoms with Crippen LogP contribution in [0.15, 0.2) is 35.7 Å². The first-order valence-electron chi connectivity index (χ1n) is 8.13. The number of carbonyl (C=O) groups excluding carboxylic acids is 1. The van der Waals surface area contributed by atoms with Crippen molar-refractivity contribution in [2.24, 2.45) is 0 Å². The third-order valence-electron chi connectivity index (χ3n) is 3.99. The molecule has 0 saturated carbocycles. The van der Waals surface area contributed by atoms with Crippen LogP contribution in [0.3, 0.4) is 0 Å². The Morgan fingerprint density at radius 3 is 2.71 bits per heavy atom. The molecule has 0 radical (unpaired) electrons. The van der Waals surface area contributed by atoms with E-state index in [-0.39, 0.29) is 18.0 Å². The summed E-state index contributed by atoms with van der Waals surface area (Å²) in [5.74, 6) is 0.931. The van der Waals surface area contributed by atoms with E-state index in [2.05, 4.69) is 4.98 Å². The van der Waals surface area contributed by atoms with Crippen molar-refractivity contribution in [3.63, 3.8) is 0 Å². The standard InChI is InChI=1S/C18H22N2O3S/c1-13-9-22-10-14(2)20(13)18(21)8-15-12-24-17(19-15)11-23-16-6-4-3-5-7-16/h3-7,12-14H,8-11H2,1-2H3. The van der Waals surface area contributed by atoms with Crippen molar-refractivity contribution in [1.82, 2.24) is 9.88 Å². The van der Waals surface area contributed by atoms with Gasteiger partial charge in [0, 0.05) is 5.38 Å². The third kappa shape index (κ3) is 4.13. The molecule has 1 fully saturated rings. The monoisotopic (exact) mass is 346 g/mol. The van der Waals surface area contributed by atoms with Gasteiger partial charge >= 0.3 is 0 Å². The number of carbonyl (C=O) groups is 1. The first kappa shape index (κ1) is 16.9. The molecule has 1 saturated heterocycles. The molecule has 24 heavy (non-hydrogen) atoms. The number of thiazole rings is 1. The van der Waals surface area contributed by atoms with Crippen molar-refractivity contribution in [3.05, 3.63) is 46.4 Å². The molecular formula is C18H22N2O3S. The maximum absolute atomic E-state index is 12.6. The zero-order chi connectivity index (χ0) is 16.9. The molecule has 1 aromatic carbocycles. The molecule has 1 aliphatic rings. The highest BCUT2D eigenvalue weighted by molar-refractivity contribution is 7.09. The van der Waals surface area contributed by atoms with E-state index in [0.29, 0.717) is 26.2 Å². The Hall–Kier alpha value is -1.92.